The van der Waals surface area contributed by atoms with Crippen LogP contribution in [0.15, 0.2) is 54.9 Å². The molecule has 4 aromatic heterocycles. The number of nitrogens with zero attached hydrogens (tertiary/aromatic N) is 4. The molecule has 0 saturated carbocycles. The number of hydrogen-bond acceptors (Lipinski definition) is 5. The molecule has 0 saturated heterocycles. The zero-order valence-corrected chi connectivity index (χ0v) is 13.1. The monoisotopic (exact) mass is 327 g/mol. The van der Waals surface area contributed by atoms with Crippen LogP contribution in [0, 0.1) is 0 Å². The van der Waals surface area contributed by atoms with Gasteiger partial charge in [0.15, 0.2) is 11.5 Å². The molecule has 1 aromatic carbocycles. The van der Waals surface area contributed by atoms with Gasteiger partial charge < -0.3 is 10.7 Å². The van der Waals surface area contributed by atoms with Gasteiger partial charge in [-0.2, -0.15) is 5.10 Å². The normalized spacial score (nSPS) is 11.4. The summed E-state index contributed by atoms with van der Waals surface area (Å²) in [6.45, 7) is 0. The quantitative estimate of drug-likeness (QED) is 0.461. The standard InChI is InChI=1S/C18H13N7/c19-11-7-10(8-20-9-11)12-5-6-15-16(21-12)17(25-24-15)18-22-13-3-1-2-4-14(13)23-18/h1-9H,19H2,(H,22,23)(H,24,25). The molecule has 0 spiro atoms. The molecule has 0 aliphatic heterocycles. The molecule has 5 aromatic rings. The number of imidazole rings is 1. The predicted octanol–water partition coefficient (Wildman–Crippen LogP) is 3.15. The van der Waals surface area contributed by atoms with Crippen molar-refractivity contribution in [1.29, 1.82) is 0 Å². The van der Waals surface area contributed by atoms with E-state index in [1.807, 2.05) is 42.5 Å². The van der Waals surface area contributed by atoms with E-state index in [9.17, 15) is 0 Å². The van der Waals surface area contributed by atoms with Crippen molar-refractivity contribution in [3.63, 3.8) is 0 Å². The first-order valence-corrected chi connectivity index (χ1v) is 7.79. The number of hydrogen-bond donors (Lipinski definition) is 3. The number of nitrogen functional groups attached to an aromatic ring is 1. The Bertz CT molecular complexity index is 1190. The molecule has 7 nitrogen and oxygen atoms in total. The summed E-state index contributed by atoms with van der Waals surface area (Å²) in [6.07, 6.45) is 3.35. The summed E-state index contributed by atoms with van der Waals surface area (Å²) in [4.78, 5) is 16.8. The van der Waals surface area contributed by atoms with Crippen LogP contribution in [0.4, 0.5) is 5.69 Å². The zero-order valence-electron chi connectivity index (χ0n) is 13.1. The van der Waals surface area contributed by atoms with Crippen LogP contribution >= 0.6 is 0 Å². The van der Waals surface area contributed by atoms with E-state index in [2.05, 4.69) is 25.1 Å². The summed E-state index contributed by atoms with van der Waals surface area (Å²) in [6, 6.07) is 13.6. The van der Waals surface area contributed by atoms with Gasteiger partial charge in [-0.15, -0.1) is 0 Å². The number of benzene rings is 1. The van der Waals surface area contributed by atoms with Crippen molar-refractivity contribution in [3.8, 4) is 22.8 Å². The second kappa shape index (κ2) is 5.13. The van der Waals surface area contributed by atoms with Crippen LogP contribution in [0.1, 0.15) is 0 Å². The fourth-order valence-electron chi connectivity index (χ4n) is 2.89. The Morgan fingerprint density at radius 3 is 2.72 bits per heavy atom. The van der Waals surface area contributed by atoms with E-state index in [1.165, 1.54) is 0 Å². The van der Waals surface area contributed by atoms with Crippen LogP contribution in [-0.4, -0.2) is 30.1 Å². The SMILES string of the molecule is Nc1cncc(-c2ccc3[nH]nc(-c4nc5ccccc5[nH]4)c3n2)c1. The Morgan fingerprint density at radius 1 is 0.920 bits per heavy atom. The highest BCUT2D eigenvalue weighted by atomic mass is 15.1. The Morgan fingerprint density at radius 2 is 1.84 bits per heavy atom. The largest absolute Gasteiger partial charge is 0.397 e. The molecule has 0 aliphatic carbocycles. The minimum Gasteiger partial charge on any atom is -0.397 e. The minimum atomic E-state index is 0.601. The van der Waals surface area contributed by atoms with Crippen molar-refractivity contribution in [1.82, 2.24) is 30.1 Å². The molecule has 120 valence electrons. The molecule has 0 amide bonds. The number of para-hydroxylation sites is 2. The molecule has 7 heteroatoms. The Hall–Kier alpha value is -3.74. The maximum Gasteiger partial charge on any atom is 0.161 e. The lowest BCUT2D eigenvalue weighted by molar-refractivity contribution is 1.10. The van der Waals surface area contributed by atoms with Crippen LogP contribution in [-0.2, 0) is 0 Å². The van der Waals surface area contributed by atoms with Crippen LogP contribution in [0.5, 0.6) is 0 Å². The number of aromatic nitrogens is 6. The number of anilines is 1. The van der Waals surface area contributed by atoms with Gasteiger partial charge in [0, 0.05) is 18.0 Å². The fourth-order valence-corrected chi connectivity index (χ4v) is 2.89. The molecule has 0 aliphatic rings. The number of rotatable bonds is 2. The highest BCUT2D eigenvalue weighted by molar-refractivity contribution is 5.91. The van der Waals surface area contributed by atoms with E-state index >= 15 is 0 Å². The maximum absolute atomic E-state index is 5.83. The zero-order chi connectivity index (χ0) is 16.8. The molecule has 4 heterocycles. The van der Waals surface area contributed by atoms with Gasteiger partial charge in [-0.3, -0.25) is 10.1 Å². The average molecular weight is 327 g/mol. The lowest BCUT2D eigenvalue weighted by atomic mass is 10.1. The molecule has 0 atom stereocenters. The van der Waals surface area contributed by atoms with Crippen molar-refractivity contribution in [2.75, 3.05) is 5.73 Å². The number of pyridine rings is 2. The summed E-state index contributed by atoms with van der Waals surface area (Å²) in [5.74, 6) is 0.683. The summed E-state index contributed by atoms with van der Waals surface area (Å²) in [7, 11) is 0. The first-order valence-electron chi connectivity index (χ1n) is 7.79. The van der Waals surface area contributed by atoms with Crippen LogP contribution in [0.2, 0.25) is 0 Å². The summed E-state index contributed by atoms with van der Waals surface area (Å²) in [5.41, 5.74) is 12.2. The van der Waals surface area contributed by atoms with Gasteiger partial charge in [-0.1, -0.05) is 12.1 Å². The Kier molecular flexibility index (Phi) is 2.81. The third kappa shape index (κ3) is 2.21. The van der Waals surface area contributed by atoms with Gasteiger partial charge in [-0.05, 0) is 30.3 Å². The molecule has 0 radical (unpaired) electrons. The highest BCUT2D eigenvalue weighted by Gasteiger charge is 2.14. The third-order valence-corrected chi connectivity index (χ3v) is 4.08. The molecular weight excluding hydrogens is 314 g/mol. The summed E-state index contributed by atoms with van der Waals surface area (Å²) >= 11 is 0. The van der Waals surface area contributed by atoms with Gasteiger partial charge in [0.25, 0.3) is 0 Å². The van der Waals surface area contributed by atoms with Crippen molar-refractivity contribution in [2.24, 2.45) is 0 Å². The topological polar surface area (TPSA) is 109 Å². The van der Waals surface area contributed by atoms with Gasteiger partial charge in [0.05, 0.1) is 27.9 Å². The van der Waals surface area contributed by atoms with Crippen molar-refractivity contribution < 1.29 is 0 Å². The summed E-state index contributed by atoms with van der Waals surface area (Å²) < 4.78 is 0. The van der Waals surface area contributed by atoms with Crippen molar-refractivity contribution in [2.45, 2.75) is 0 Å². The van der Waals surface area contributed by atoms with E-state index in [-0.39, 0.29) is 0 Å². The molecular formula is C18H13N7. The number of nitrogens with two attached hydrogens (primary N) is 1. The number of aromatic amines is 2. The molecule has 0 bridgehead atoms. The molecule has 5 rings (SSSR count). The van der Waals surface area contributed by atoms with Gasteiger partial charge >= 0.3 is 0 Å². The van der Waals surface area contributed by atoms with Crippen molar-refractivity contribution >= 4 is 27.8 Å². The van der Waals surface area contributed by atoms with E-state index < -0.39 is 0 Å². The second-order valence-corrected chi connectivity index (χ2v) is 5.77. The Labute approximate surface area is 142 Å². The van der Waals surface area contributed by atoms with E-state index in [1.54, 1.807) is 12.4 Å². The smallest absolute Gasteiger partial charge is 0.161 e. The maximum atomic E-state index is 5.83. The predicted molar refractivity (Wildman–Crippen MR) is 96.6 cm³/mol. The van der Waals surface area contributed by atoms with Gasteiger partial charge in [0.2, 0.25) is 0 Å². The lowest BCUT2D eigenvalue weighted by Gasteiger charge is -2.02. The van der Waals surface area contributed by atoms with Crippen LogP contribution in [0.25, 0.3) is 44.8 Å². The average Bonchev–Trinajstić information content (AvgIpc) is 3.24. The van der Waals surface area contributed by atoms with Crippen LogP contribution in [0.3, 0.4) is 0 Å². The minimum absolute atomic E-state index is 0.601. The third-order valence-electron chi connectivity index (χ3n) is 4.08. The number of fused-ring (bicyclic) bond motifs is 2. The van der Waals surface area contributed by atoms with Crippen LogP contribution < -0.4 is 5.73 Å². The number of H-pyrrole nitrogens is 2. The second-order valence-electron chi connectivity index (χ2n) is 5.77. The fraction of sp³-hybridized carbons (Fsp3) is 0. The first-order chi connectivity index (χ1) is 12.3. The molecule has 25 heavy (non-hydrogen) atoms. The lowest BCUT2D eigenvalue weighted by Crippen LogP contribution is -1.90. The van der Waals surface area contributed by atoms with Gasteiger partial charge in [0.1, 0.15) is 5.52 Å². The van der Waals surface area contributed by atoms with E-state index in [4.69, 9.17) is 10.7 Å². The molecule has 0 unspecified atom stereocenters. The molecule has 4 N–H and O–H groups in total. The number of nitrogens with one attached hydrogen (secondary N) is 2. The van der Waals surface area contributed by atoms with E-state index in [0.717, 1.165) is 33.3 Å². The first kappa shape index (κ1) is 13.7. The molecule has 0 fully saturated rings. The van der Waals surface area contributed by atoms with Gasteiger partial charge in [-0.25, -0.2) is 9.97 Å². The van der Waals surface area contributed by atoms with Crippen molar-refractivity contribution in [3.05, 3.63) is 54.9 Å². The van der Waals surface area contributed by atoms with E-state index in [0.29, 0.717) is 17.2 Å². The summed E-state index contributed by atoms with van der Waals surface area (Å²) in [5, 5.41) is 7.40. The highest BCUT2D eigenvalue weighted by Crippen LogP contribution is 2.27. The Balaban J connectivity index is 1.70.